The Balaban J connectivity index is 2.02. The Morgan fingerprint density at radius 1 is 0.639 bits per heavy atom. The molecule has 0 aliphatic heterocycles. The molecule has 0 atom stereocenters. The predicted molar refractivity (Wildman–Crippen MR) is 153 cm³/mol. The number of benzene rings is 3. The fourth-order valence-electron chi connectivity index (χ4n) is 4.15. The van der Waals surface area contributed by atoms with Gasteiger partial charge in [0, 0.05) is 34.7 Å². The lowest BCUT2D eigenvalue weighted by Gasteiger charge is -2.22. The van der Waals surface area contributed by atoms with Crippen molar-refractivity contribution < 1.29 is 10.2 Å². The first kappa shape index (κ1) is 27.2. The molecule has 0 saturated carbocycles. The molecule has 0 fully saturated rings. The topological polar surface area (TPSA) is 65.2 Å². The van der Waals surface area contributed by atoms with Gasteiger partial charge in [-0.15, -0.1) is 0 Å². The van der Waals surface area contributed by atoms with Crippen LogP contribution in [0.2, 0.25) is 0 Å². The molecule has 0 aromatic heterocycles. The normalized spacial score (nSPS) is 12.7. The van der Waals surface area contributed by atoms with Gasteiger partial charge in [-0.3, -0.25) is 9.98 Å². The Morgan fingerprint density at radius 2 is 1.00 bits per heavy atom. The van der Waals surface area contributed by atoms with Crippen LogP contribution in [-0.4, -0.2) is 22.6 Å². The first-order chi connectivity index (χ1) is 16.8. The Bertz CT molecular complexity index is 1190. The summed E-state index contributed by atoms with van der Waals surface area (Å²) in [7, 11) is 0. The second-order valence-corrected chi connectivity index (χ2v) is 11.4. The van der Waals surface area contributed by atoms with E-state index in [0.717, 1.165) is 35.1 Å². The molecule has 3 aromatic carbocycles. The molecule has 4 heteroatoms. The van der Waals surface area contributed by atoms with Gasteiger partial charge in [0.1, 0.15) is 11.5 Å². The second kappa shape index (κ2) is 10.7. The van der Waals surface area contributed by atoms with Crippen molar-refractivity contribution in [2.45, 2.75) is 79.1 Å². The summed E-state index contributed by atoms with van der Waals surface area (Å²) in [6, 6.07) is 15.8. The molecule has 190 valence electrons. The molecule has 2 N–H and O–H groups in total. The Labute approximate surface area is 216 Å². The Kier molecular flexibility index (Phi) is 8.08. The highest BCUT2D eigenvalue weighted by Crippen LogP contribution is 2.36. The van der Waals surface area contributed by atoms with Gasteiger partial charge in [-0.25, -0.2) is 0 Å². The third kappa shape index (κ3) is 6.23. The summed E-state index contributed by atoms with van der Waals surface area (Å²) in [6.07, 6.45) is 5.18. The summed E-state index contributed by atoms with van der Waals surface area (Å²) in [4.78, 5) is 9.40. The molecular weight excluding hydrogens is 444 g/mol. The second-order valence-electron chi connectivity index (χ2n) is 11.4. The fraction of sp³-hybridized carbons (Fsp3) is 0.375. The van der Waals surface area contributed by atoms with Crippen LogP contribution in [0, 0.1) is 0 Å². The zero-order chi connectivity index (χ0) is 26.7. The maximum atomic E-state index is 11.0. The average molecular weight is 485 g/mol. The van der Waals surface area contributed by atoms with Crippen LogP contribution in [0.3, 0.4) is 0 Å². The van der Waals surface area contributed by atoms with Crippen molar-refractivity contribution in [3.05, 3.63) is 81.9 Å². The van der Waals surface area contributed by atoms with Crippen molar-refractivity contribution in [3.8, 4) is 11.5 Å². The van der Waals surface area contributed by atoms with Gasteiger partial charge >= 0.3 is 0 Å². The largest absolute Gasteiger partial charge is 0.507 e. The molecule has 0 bridgehead atoms. The van der Waals surface area contributed by atoms with Crippen LogP contribution < -0.4 is 0 Å². The van der Waals surface area contributed by atoms with Crippen molar-refractivity contribution in [1.82, 2.24) is 0 Å². The van der Waals surface area contributed by atoms with E-state index in [4.69, 9.17) is 9.98 Å². The lowest BCUT2D eigenvalue weighted by molar-refractivity contribution is 0.445. The number of aryl methyl sites for hydroxylation is 2. The van der Waals surface area contributed by atoms with Crippen molar-refractivity contribution in [1.29, 1.82) is 0 Å². The molecule has 0 saturated heterocycles. The summed E-state index contributed by atoms with van der Waals surface area (Å²) < 4.78 is 0. The quantitative estimate of drug-likeness (QED) is 0.345. The smallest absolute Gasteiger partial charge is 0.128 e. The number of aliphatic imine (C=N–C) groups is 2. The molecule has 0 spiro atoms. The third-order valence-electron chi connectivity index (χ3n) is 6.40. The molecule has 0 heterocycles. The zero-order valence-electron chi connectivity index (χ0n) is 23.0. The highest BCUT2D eigenvalue weighted by Gasteiger charge is 2.22. The van der Waals surface area contributed by atoms with E-state index < -0.39 is 0 Å². The van der Waals surface area contributed by atoms with Gasteiger partial charge in [0.25, 0.3) is 0 Å². The summed E-state index contributed by atoms with van der Waals surface area (Å²) in [6.45, 7) is 16.8. The van der Waals surface area contributed by atoms with Gasteiger partial charge in [-0.05, 0) is 59.1 Å². The van der Waals surface area contributed by atoms with Gasteiger partial charge < -0.3 is 10.2 Å². The molecule has 3 rings (SSSR count). The first-order valence-electron chi connectivity index (χ1n) is 12.7. The summed E-state index contributed by atoms with van der Waals surface area (Å²) in [5.41, 5.74) is 6.55. The van der Waals surface area contributed by atoms with E-state index in [9.17, 15) is 10.2 Å². The predicted octanol–water partition coefficient (Wildman–Crippen LogP) is 8.32. The lowest BCUT2D eigenvalue weighted by Crippen LogP contribution is -2.13. The number of hydrogen-bond donors (Lipinski definition) is 2. The molecule has 0 radical (unpaired) electrons. The van der Waals surface area contributed by atoms with E-state index in [-0.39, 0.29) is 22.3 Å². The number of phenols is 2. The number of phenolic OH excluding ortho intramolecular Hbond substituents is 2. The van der Waals surface area contributed by atoms with Gasteiger partial charge in [0.15, 0.2) is 0 Å². The number of rotatable bonds is 6. The van der Waals surface area contributed by atoms with Crippen LogP contribution >= 0.6 is 0 Å². The lowest BCUT2D eigenvalue weighted by atomic mass is 9.84. The van der Waals surface area contributed by atoms with E-state index >= 15 is 0 Å². The van der Waals surface area contributed by atoms with E-state index in [2.05, 4.69) is 67.5 Å². The van der Waals surface area contributed by atoms with Crippen molar-refractivity contribution in [2.75, 3.05) is 0 Å². The van der Waals surface area contributed by atoms with Crippen LogP contribution in [0.4, 0.5) is 11.4 Å². The van der Waals surface area contributed by atoms with E-state index in [1.54, 1.807) is 12.4 Å². The average Bonchev–Trinajstić information content (AvgIpc) is 2.81. The molecular formula is C32H40N2O2. The van der Waals surface area contributed by atoms with E-state index in [1.807, 2.05) is 36.4 Å². The minimum atomic E-state index is -0.180. The molecule has 0 aliphatic carbocycles. The van der Waals surface area contributed by atoms with Gasteiger partial charge in [-0.1, -0.05) is 79.7 Å². The van der Waals surface area contributed by atoms with Gasteiger partial charge in [0.2, 0.25) is 0 Å². The minimum absolute atomic E-state index is 0.180. The van der Waals surface area contributed by atoms with Crippen LogP contribution in [0.25, 0.3) is 0 Å². The van der Waals surface area contributed by atoms with Crippen LogP contribution in [0.5, 0.6) is 11.5 Å². The summed E-state index contributed by atoms with van der Waals surface area (Å²) in [5, 5.41) is 21.9. The maximum absolute atomic E-state index is 11.0. The first-order valence-corrected chi connectivity index (χ1v) is 12.7. The zero-order valence-corrected chi connectivity index (χ0v) is 23.0. The van der Waals surface area contributed by atoms with E-state index in [0.29, 0.717) is 22.5 Å². The SMILES string of the molecule is CCc1cc(C=Nc2ccccc2N=Cc2cc(CC)cc(C(C)(C)C)c2O)c(O)c(C(C)(C)C)c1. The van der Waals surface area contributed by atoms with E-state index in [1.165, 1.54) is 0 Å². The molecule has 3 aromatic rings. The highest BCUT2D eigenvalue weighted by atomic mass is 16.3. The Morgan fingerprint density at radius 3 is 1.31 bits per heavy atom. The molecule has 0 aliphatic rings. The molecule has 4 nitrogen and oxygen atoms in total. The van der Waals surface area contributed by atoms with Crippen molar-refractivity contribution in [3.63, 3.8) is 0 Å². The van der Waals surface area contributed by atoms with Gasteiger partial charge in [0.05, 0.1) is 11.4 Å². The number of aromatic hydroxyl groups is 2. The standard InChI is InChI=1S/C32H40N2O2/c1-9-21-15-23(29(35)25(17-21)31(3,4)5)19-33-27-13-11-12-14-28(27)34-20-24-16-22(10-2)18-26(30(24)36)32(6,7)8/h11-20,35-36H,9-10H2,1-8H3. The summed E-state index contributed by atoms with van der Waals surface area (Å²) >= 11 is 0. The Hall–Kier alpha value is -3.40. The monoisotopic (exact) mass is 484 g/mol. The minimum Gasteiger partial charge on any atom is -0.507 e. The number of hydrogen-bond acceptors (Lipinski definition) is 4. The summed E-state index contributed by atoms with van der Waals surface area (Å²) in [5.74, 6) is 0.529. The number of nitrogens with zero attached hydrogens (tertiary/aromatic N) is 2. The maximum Gasteiger partial charge on any atom is 0.128 e. The van der Waals surface area contributed by atoms with Crippen LogP contribution in [0.1, 0.15) is 88.8 Å². The van der Waals surface area contributed by atoms with Crippen molar-refractivity contribution >= 4 is 23.8 Å². The van der Waals surface area contributed by atoms with Gasteiger partial charge in [-0.2, -0.15) is 0 Å². The molecule has 0 unspecified atom stereocenters. The molecule has 36 heavy (non-hydrogen) atoms. The van der Waals surface area contributed by atoms with Crippen LogP contribution in [0.15, 0.2) is 58.5 Å². The van der Waals surface area contributed by atoms with Crippen molar-refractivity contribution in [2.24, 2.45) is 9.98 Å². The molecule has 0 amide bonds. The number of para-hydroxylation sites is 2. The third-order valence-corrected chi connectivity index (χ3v) is 6.40. The van der Waals surface area contributed by atoms with Crippen LogP contribution in [-0.2, 0) is 23.7 Å². The highest BCUT2D eigenvalue weighted by molar-refractivity contribution is 5.90. The fourth-order valence-corrected chi connectivity index (χ4v) is 4.15.